The lowest BCUT2D eigenvalue weighted by Gasteiger charge is -2.38. The van der Waals surface area contributed by atoms with Crippen LogP contribution in [-0.2, 0) is 5.41 Å². The minimum atomic E-state index is -0.123. The fourth-order valence-corrected chi connectivity index (χ4v) is 2.86. The molecule has 1 saturated carbocycles. The topological polar surface area (TPSA) is 64.7 Å². The Hall–Kier alpha value is -2.56. The zero-order valence-electron chi connectivity index (χ0n) is 11.4. The first-order valence-corrected chi connectivity index (χ1v) is 7.04. The van der Waals surface area contributed by atoms with Gasteiger partial charge in [-0.25, -0.2) is 9.97 Å². The van der Waals surface area contributed by atoms with Crippen LogP contribution in [0.2, 0.25) is 0 Å². The second-order valence-corrected chi connectivity index (χ2v) is 5.35. The van der Waals surface area contributed by atoms with Gasteiger partial charge in [-0.05, 0) is 18.4 Å². The summed E-state index contributed by atoms with van der Waals surface area (Å²) in [5.74, 6) is 1.24. The molecule has 1 aliphatic rings. The predicted octanol–water partition coefficient (Wildman–Crippen LogP) is 3.00. The Labute approximate surface area is 122 Å². The van der Waals surface area contributed by atoms with Gasteiger partial charge in [0, 0.05) is 12.4 Å². The van der Waals surface area contributed by atoms with Crippen molar-refractivity contribution in [3.8, 4) is 11.4 Å². The van der Waals surface area contributed by atoms with E-state index in [1.807, 2.05) is 6.07 Å². The van der Waals surface area contributed by atoms with Crippen LogP contribution < -0.4 is 0 Å². The summed E-state index contributed by atoms with van der Waals surface area (Å²) in [7, 11) is 0. The van der Waals surface area contributed by atoms with Gasteiger partial charge in [0.15, 0.2) is 0 Å². The molecule has 2 heterocycles. The van der Waals surface area contributed by atoms with Crippen molar-refractivity contribution >= 4 is 0 Å². The summed E-state index contributed by atoms with van der Waals surface area (Å²) in [6.45, 7) is 0. The van der Waals surface area contributed by atoms with Crippen molar-refractivity contribution < 1.29 is 4.52 Å². The SMILES string of the molecule is c1ccc(C2(c3nc(-c4cncnc4)no3)CCC2)cc1. The van der Waals surface area contributed by atoms with Gasteiger partial charge in [0.2, 0.25) is 11.7 Å². The maximum Gasteiger partial charge on any atom is 0.237 e. The van der Waals surface area contributed by atoms with Crippen molar-refractivity contribution in [2.75, 3.05) is 0 Å². The van der Waals surface area contributed by atoms with Gasteiger partial charge in [0.1, 0.15) is 6.33 Å². The standard InChI is InChI=1S/C16H14N4O/c1-2-5-13(6-3-1)16(7-4-8-16)15-19-14(20-21-15)12-9-17-11-18-10-12/h1-3,5-6,9-11H,4,7-8H2. The van der Waals surface area contributed by atoms with E-state index in [0.29, 0.717) is 11.7 Å². The van der Waals surface area contributed by atoms with Crippen molar-refractivity contribution in [1.82, 2.24) is 20.1 Å². The molecular weight excluding hydrogens is 264 g/mol. The van der Waals surface area contributed by atoms with E-state index < -0.39 is 0 Å². The first kappa shape index (κ1) is 12.2. The molecule has 5 heteroatoms. The molecule has 0 atom stereocenters. The molecule has 1 aromatic carbocycles. The molecule has 4 rings (SSSR count). The third-order valence-electron chi connectivity index (χ3n) is 4.19. The quantitative estimate of drug-likeness (QED) is 0.737. The van der Waals surface area contributed by atoms with Gasteiger partial charge in [-0.2, -0.15) is 4.98 Å². The van der Waals surface area contributed by atoms with E-state index >= 15 is 0 Å². The summed E-state index contributed by atoms with van der Waals surface area (Å²) in [6, 6.07) is 10.4. The number of aromatic nitrogens is 4. The highest BCUT2D eigenvalue weighted by Gasteiger charge is 2.45. The van der Waals surface area contributed by atoms with E-state index in [0.717, 1.165) is 18.4 Å². The first-order valence-electron chi connectivity index (χ1n) is 7.04. The van der Waals surface area contributed by atoms with E-state index in [1.165, 1.54) is 18.3 Å². The summed E-state index contributed by atoms with van der Waals surface area (Å²) in [5.41, 5.74) is 1.90. The van der Waals surface area contributed by atoms with E-state index in [9.17, 15) is 0 Å². The average molecular weight is 278 g/mol. The molecule has 21 heavy (non-hydrogen) atoms. The minimum Gasteiger partial charge on any atom is -0.338 e. The van der Waals surface area contributed by atoms with E-state index in [-0.39, 0.29) is 5.41 Å². The number of nitrogens with zero attached hydrogens (tertiary/aromatic N) is 4. The van der Waals surface area contributed by atoms with Crippen LogP contribution in [0.4, 0.5) is 0 Å². The second-order valence-electron chi connectivity index (χ2n) is 5.35. The van der Waals surface area contributed by atoms with Gasteiger partial charge in [-0.3, -0.25) is 0 Å². The average Bonchev–Trinajstić information content (AvgIpc) is 2.98. The fourth-order valence-electron chi connectivity index (χ4n) is 2.86. The molecule has 0 N–H and O–H groups in total. The summed E-state index contributed by atoms with van der Waals surface area (Å²) in [6.07, 6.45) is 8.14. The molecule has 2 aromatic heterocycles. The van der Waals surface area contributed by atoms with Crippen molar-refractivity contribution in [3.05, 3.63) is 60.5 Å². The third-order valence-corrected chi connectivity index (χ3v) is 4.19. The van der Waals surface area contributed by atoms with Gasteiger partial charge in [-0.15, -0.1) is 0 Å². The van der Waals surface area contributed by atoms with E-state index in [1.54, 1.807) is 12.4 Å². The normalized spacial score (nSPS) is 16.4. The minimum absolute atomic E-state index is 0.123. The molecule has 1 fully saturated rings. The number of rotatable bonds is 3. The number of benzene rings is 1. The Kier molecular flexibility index (Phi) is 2.77. The largest absolute Gasteiger partial charge is 0.338 e. The van der Waals surface area contributed by atoms with Crippen LogP contribution in [0.15, 0.2) is 53.6 Å². The number of hydrogen-bond donors (Lipinski definition) is 0. The molecule has 3 aromatic rings. The lowest BCUT2D eigenvalue weighted by molar-refractivity contribution is 0.216. The number of hydrogen-bond acceptors (Lipinski definition) is 5. The molecule has 0 aliphatic heterocycles. The highest BCUT2D eigenvalue weighted by Crippen LogP contribution is 2.48. The smallest absolute Gasteiger partial charge is 0.237 e. The first-order chi connectivity index (χ1) is 10.4. The monoisotopic (exact) mass is 278 g/mol. The van der Waals surface area contributed by atoms with Gasteiger partial charge < -0.3 is 4.52 Å². The van der Waals surface area contributed by atoms with Crippen LogP contribution in [0.1, 0.15) is 30.7 Å². The van der Waals surface area contributed by atoms with Gasteiger partial charge in [0.05, 0.1) is 11.0 Å². The molecule has 0 amide bonds. The Morgan fingerprint density at radius 3 is 2.43 bits per heavy atom. The molecule has 104 valence electrons. The molecule has 0 unspecified atom stereocenters. The Bertz CT molecular complexity index is 735. The van der Waals surface area contributed by atoms with Crippen LogP contribution in [0.5, 0.6) is 0 Å². The van der Waals surface area contributed by atoms with Crippen LogP contribution in [0.3, 0.4) is 0 Å². The Balaban J connectivity index is 1.75. The highest BCUT2D eigenvalue weighted by atomic mass is 16.5. The van der Waals surface area contributed by atoms with Crippen molar-refractivity contribution in [1.29, 1.82) is 0 Å². The van der Waals surface area contributed by atoms with Crippen molar-refractivity contribution in [2.24, 2.45) is 0 Å². The fraction of sp³-hybridized carbons (Fsp3) is 0.250. The summed E-state index contributed by atoms with van der Waals surface area (Å²) in [4.78, 5) is 12.6. The lowest BCUT2D eigenvalue weighted by Crippen LogP contribution is -2.35. The van der Waals surface area contributed by atoms with Gasteiger partial charge >= 0.3 is 0 Å². The maximum absolute atomic E-state index is 5.56. The lowest BCUT2D eigenvalue weighted by atomic mass is 9.64. The zero-order chi connectivity index (χ0) is 14.1. The zero-order valence-corrected chi connectivity index (χ0v) is 11.4. The van der Waals surface area contributed by atoms with Crippen molar-refractivity contribution in [3.63, 3.8) is 0 Å². The second kappa shape index (κ2) is 4.77. The summed E-state index contributed by atoms with van der Waals surface area (Å²) < 4.78 is 5.56. The van der Waals surface area contributed by atoms with Crippen LogP contribution in [0.25, 0.3) is 11.4 Å². The van der Waals surface area contributed by atoms with Gasteiger partial charge in [-0.1, -0.05) is 41.9 Å². The maximum atomic E-state index is 5.56. The molecular formula is C16H14N4O. The molecule has 0 bridgehead atoms. The van der Waals surface area contributed by atoms with Crippen molar-refractivity contribution in [2.45, 2.75) is 24.7 Å². The summed E-state index contributed by atoms with van der Waals surface area (Å²) >= 11 is 0. The summed E-state index contributed by atoms with van der Waals surface area (Å²) in [5, 5.41) is 4.09. The molecule has 1 aliphatic carbocycles. The predicted molar refractivity (Wildman–Crippen MR) is 76.4 cm³/mol. The molecule has 0 radical (unpaired) electrons. The van der Waals surface area contributed by atoms with Crippen LogP contribution >= 0.6 is 0 Å². The van der Waals surface area contributed by atoms with E-state index in [4.69, 9.17) is 4.52 Å². The van der Waals surface area contributed by atoms with Crippen LogP contribution in [0, 0.1) is 0 Å². The Morgan fingerprint density at radius 1 is 1.00 bits per heavy atom. The molecule has 0 spiro atoms. The van der Waals surface area contributed by atoms with E-state index in [2.05, 4.69) is 44.4 Å². The van der Waals surface area contributed by atoms with Gasteiger partial charge in [0.25, 0.3) is 0 Å². The van der Waals surface area contributed by atoms with Crippen LogP contribution in [-0.4, -0.2) is 20.1 Å². The highest BCUT2D eigenvalue weighted by molar-refractivity contribution is 5.51. The molecule has 5 nitrogen and oxygen atoms in total. The Morgan fingerprint density at radius 2 is 1.76 bits per heavy atom. The third kappa shape index (κ3) is 1.93. The molecule has 0 saturated heterocycles.